The summed E-state index contributed by atoms with van der Waals surface area (Å²) in [5.41, 5.74) is 0. The Labute approximate surface area is 135 Å². The predicted molar refractivity (Wildman–Crippen MR) is 90.1 cm³/mol. The highest BCUT2D eigenvalue weighted by atomic mass is 32.1. The van der Waals surface area contributed by atoms with Crippen LogP contribution in [0.2, 0.25) is 0 Å². The van der Waals surface area contributed by atoms with Crippen molar-refractivity contribution in [1.29, 1.82) is 0 Å². The lowest BCUT2D eigenvalue weighted by atomic mass is 10.3. The third-order valence-corrected chi connectivity index (χ3v) is 4.54. The average molecular weight is 323 g/mol. The molecule has 1 aliphatic carbocycles. The molecule has 1 aliphatic rings. The van der Waals surface area contributed by atoms with Crippen LogP contribution in [0.25, 0.3) is 0 Å². The Kier molecular flexibility index (Phi) is 6.64. The van der Waals surface area contributed by atoms with E-state index in [4.69, 9.17) is 0 Å². The first-order chi connectivity index (χ1) is 10.7. The van der Waals surface area contributed by atoms with Crippen molar-refractivity contribution in [2.75, 3.05) is 13.6 Å². The summed E-state index contributed by atoms with van der Waals surface area (Å²) in [4.78, 5) is 21.4. The third-order valence-electron chi connectivity index (χ3n) is 3.40. The summed E-state index contributed by atoms with van der Waals surface area (Å²) in [6, 6.07) is 0.446. The zero-order chi connectivity index (χ0) is 15.8. The minimum Gasteiger partial charge on any atom is -0.356 e. The summed E-state index contributed by atoms with van der Waals surface area (Å²) in [5, 5.41) is 10.5. The third kappa shape index (κ3) is 6.01. The molecule has 3 N–H and O–H groups in total. The second kappa shape index (κ2) is 8.73. The number of amides is 1. The summed E-state index contributed by atoms with van der Waals surface area (Å²) >= 11 is 1.72. The van der Waals surface area contributed by atoms with Crippen LogP contribution in [0.1, 0.15) is 42.5 Å². The van der Waals surface area contributed by atoms with Gasteiger partial charge in [0.15, 0.2) is 5.96 Å². The molecule has 22 heavy (non-hydrogen) atoms. The number of thiazole rings is 1. The number of aryl methyl sites for hydroxylation is 1. The Hall–Kier alpha value is -1.63. The molecule has 1 fully saturated rings. The van der Waals surface area contributed by atoms with Gasteiger partial charge >= 0.3 is 0 Å². The van der Waals surface area contributed by atoms with Gasteiger partial charge in [0.1, 0.15) is 5.01 Å². The fraction of sp³-hybridized carbons (Fsp3) is 0.667. The van der Waals surface area contributed by atoms with Crippen LogP contribution in [0.3, 0.4) is 0 Å². The summed E-state index contributed by atoms with van der Waals surface area (Å²) in [5.74, 6) is 0.901. The van der Waals surface area contributed by atoms with E-state index < -0.39 is 0 Å². The van der Waals surface area contributed by atoms with Crippen molar-refractivity contribution in [2.24, 2.45) is 4.99 Å². The number of carbonyl (C=O) groups excluding carboxylic acids is 1. The van der Waals surface area contributed by atoms with Crippen LogP contribution in [0, 0.1) is 0 Å². The lowest BCUT2D eigenvalue weighted by molar-refractivity contribution is -0.121. The van der Waals surface area contributed by atoms with Crippen molar-refractivity contribution in [3.8, 4) is 0 Å². The van der Waals surface area contributed by atoms with Gasteiger partial charge in [0.2, 0.25) is 5.91 Å². The van der Waals surface area contributed by atoms with Crippen molar-refractivity contribution in [1.82, 2.24) is 20.9 Å². The molecule has 1 saturated carbocycles. The van der Waals surface area contributed by atoms with Gasteiger partial charge in [-0.1, -0.05) is 6.92 Å². The topological polar surface area (TPSA) is 78.4 Å². The highest BCUT2D eigenvalue weighted by molar-refractivity contribution is 7.11. The second-order valence-corrected chi connectivity index (χ2v) is 6.57. The van der Waals surface area contributed by atoms with Gasteiger partial charge in [-0.2, -0.15) is 0 Å². The van der Waals surface area contributed by atoms with Crippen LogP contribution >= 0.6 is 11.3 Å². The fourth-order valence-corrected chi connectivity index (χ4v) is 2.76. The normalized spacial score (nSPS) is 14.7. The van der Waals surface area contributed by atoms with Crippen LogP contribution in [-0.4, -0.2) is 36.5 Å². The molecule has 1 heterocycles. The molecular weight excluding hydrogens is 298 g/mol. The number of aromatic nitrogens is 1. The Morgan fingerprint density at radius 3 is 2.91 bits per heavy atom. The molecule has 0 spiro atoms. The molecule has 7 heteroatoms. The van der Waals surface area contributed by atoms with Crippen LogP contribution in [0.5, 0.6) is 0 Å². The van der Waals surface area contributed by atoms with Gasteiger partial charge in [0, 0.05) is 37.1 Å². The quantitative estimate of drug-likeness (QED) is 0.384. The summed E-state index contributed by atoms with van der Waals surface area (Å²) < 4.78 is 0. The van der Waals surface area contributed by atoms with Gasteiger partial charge in [0.05, 0.1) is 6.54 Å². The number of hydrogen-bond donors (Lipinski definition) is 3. The second-order valence-electron chi connectivity index (χ2n) is 5.37. The van der Waals surface area contributed by atoms with Gasteiger partial charge in [0.25, 0.3) is 0 Å². The van der Waals surface area contributed by atoms with E-state index >= 15 is 0 Å². The van der Waals surface area contributed by atoms with Crippen molar-refractivity contribution in [2.45, 2.75) is 51.6 Å². The highest BCUT2D eigenvalue weighted by Gasteiger charge is 2.22. The predicted octanol–water partition coefficient (Wildman–Crippen LogP) is 1.43. The monoisotopic (exact) mass is 323 g/mol. The molecule has 0 radical (unpaired) electrons. The first kappa shape index (κ1) is 16.7. The number of hydrogen-bond acceptors (Lipinski definition) is 4. The molecule has 0 atom stereocenters. The maximum atomic E-state index is 11.6. The Bertz CT molecular complexity index is 510. The van der Waals surface area contributed by atoms with Crippen LogP contribution < -0.4 is 16.0 Å². The SMILES string of the molecule is CCc1cnc(CNC(=NC)NCCCC(=O)NC2CC2)s1. The molecule has 0 aliphatic heterocycles. The lowest BCUT2D eigenvalue weighted by Crippen LogP contribution is -2.37. The van der Waals surface area contributed by atoms with Gasteiger partial charge in [-0.25, -0.2) is 4.98 Å². The van der Waals surface area contributed by atoms with Crippen molar-refractivity contribution in [3.63, 3.8) is 0 Å². The molecule has 0 bridgehead atoms. The summed E-state index contributed by atoms with van der Waals surface area (Å²) in [7, 11) is 1.74. The standard InChI is InChI=1S/C15H25N5OS/c1-3-12-9-18-14(22-12)10-19-15(16-2)17-8-4-5-13(21)20-11-6-7-11/h9,11H,3-8,10H2,1-2H3,(H,20,21)(H2,16,17,19). The molecule has 122 valence electrons. The minimum absolute atomic E-state index is 0.155. The minimum atomic E-state index is 0.155. The number of nitrogens with zero attached hydrogens (tertiary/aromatic N) is 2. The van der Waals surface area contributed by atoms with E-state index in [1.54, 1.807) is 18.4 Å². The zero-order valence-corrected chi connectivity index (χ0v) is 14.1. The first-order valence-corrected chi connectivity index (χ1v) is 8.70. The molecular formula is C15H25N5OS. The molecule has 0 unspecified atom stereocenters. The van der Waals surface area contributed by atoms with E-state index in [-0.39, 0.29) is 5.91 Å². The van der Waals surface area contributed by atoms with E-state index in [1.807, 2.05) is 6.20 Å². The maximum Gasteiger partial charge on any atom is 0.220 e. The number of carbonyl (C=O) groups is 1. The van der Waals surface area contributed by atoms with E-state index in [2.05, 4.69) is 32.9 Å². The molecule has 2 rings (SSSR count). The number of nitrogens with one attached hydrogen (secondary N) is 3. The number of rotatable bonds is 8. The smallest absolute Gasteiger partial charge is 0.220 e. The van der Waals surface area contributed by atoms with E-state index in [9.17, 15) is 4.79 Å². The van der Waals surface area contributed by atoms with Gasteiger partial charge < -0.3 is 16.0 Å². The molecule has 0 saturated heterocycles. The molecule has 1 amide bonds. The van der Waals surface area contributed by atoms with E-state index in [0.29, 0.717) is 19.0 Å². The Balaban J connectivity index is 1.59. The van der Waals surface area contributed by atoms with Gasteiger partial charge in [-0.3, -0.25) is 9.79 Å². The molecule has 6 nitrogen and oxygen atoms in total. The molecule has 1 aromatic heterocycles. The van der Waals surface area contributed by atoms with Gasteiger partial charge in [-0.15, -0.1) is 11.3 Å². The van der Waals surface area contributed by atoms with Crippen molar-refractivity contribution < 1.29 is 4.79 Å². The van der Waals surface area contributed by atoms with E-state index in [0.717, 1.165) is 43.2 Å². The number of aliphatic imine (C=N–C) groups is 1. The van der Waals surface area contributed by atoms with E-state index in [1.165, 1.54) is 4.88 Å². The lowest BCUT2D eigenvalue weighted by Gasteiger charge is -2.10. The van der Waals surface area contributed by atoms with Crippen molar-refractivity contribution in [3.05, 3.63) is 16.1 Å². The van der Waals surface area contributed by atoms with Crippen molar-refractivity contribution >= 4 is 23.2 Å². The highest BCUT2D eigenvalue weighted by Crippen LogP contribution is 2.18. The van der Waals surface area contributed by atoms with Crippen LogP contribution in [-0.2, 0) is 17.8 Å². The van der Waals surface area contributed by atoms with Crippen LogP contribution in [0.4, 0.5) is 0 Å². The maximum absolute atomic E-state index is 11.6. The molecule has 1 aromatic rings. The largest absolute Gasteiger partial charge is 0.356 e. The summed E-state index contributed by atoms with van der Waals surface area (Å²) in [6.45, 7) is 3.53. The first-order valence-electron chi connectivity index (χ1n) is 7.88. The van der Waals surface area contributed by atoms with Crippen LogP contribution in [0.15, 0.2) is 11.2 Å². The molecule has 0 aromatic carbocycles. The Morgan fingerprint density at radius 1 is 1.45 bits per heavy atom. The Morgan fingerprint density at radius 2 is 2.27 bits per heavy atom. The average Bonchev–Trinajstić information content (AvgIpc) is 3.21. The zero-order valence-electron chi connectivity index (χ0n) is 13.3. The summed E-state index contributed by atoms with van der Waals surface area (Å²) in [6.07, 6.45) is 6.58. The fourth-order valence-electron chi connectivity index (χ4n) is 1.96. The number of guanidine groups is 1. The van der Waals surface area contributed by atoms with Gasteiger partial charge in [-0.05, 0) is 25.7 Å².